The van der Waals surface area contributed by atoms with E-state index in [0.29, 0.717) is 17.8 Å². The fourth-order valence-corrected chi connectivity index (χ4v) is 3.40. The maximum atomic E-state index is 12.5. The lowest BCUT2D eigenvalue weighted by molar-refractivity contribution is 0.0587. The van der Waals surface area contributed by atoms with Crippen molar-refractivity contribution in [3.8, 4) is 0 Å². The maximum absolute atomic E-state index is 12.5. The van der Waals surface area contributed by atoms with Gasteiger partial charge in [0.25, 0.3) is 0 Å². The summed E-state index contributed by atoms with van der Waals surface area (Å²) in [6, 6.07) is 4.38. The number of hydrogen-bond acceptors (Lipinski definition) is 4. The second kappa shape index (κ2) is 8.17. The van der Waals surface area contributed by atoms with Gasteiger partial charge in [0.05, 0.1) is 0 Å². The Kier molecular flexibility index (Phi) is 6.44. The van der Waals surface area contributed by atoms with E-state index in [9.17, 15) is 4.79 Å². The Morgan fingerprint density at radius 1 is 1.40 bits per heavy atom. The molecule has 0 aromatic carbocycles. The summed E-state index contributed by atoms with van der Waals surface area (Å²) in [5.74, 6) is 1.32. The lowest BCUT2D eigenvalue weighted by atomic mass is 9.94. The molecule has 1 aliphatic rings. The number of carbonyl (C=O) groups excluding carboxylic acids is 1. The fraction of sp³-hybridized carbons (Fsp3) is 0.700. The van der Waals surface area contributed by atoms with Crippen molar-refractivity contribution in [2.45, 2.75) is 65.5 Å². The van der Waals surface area contributed by atoms with E-state index in [1.54, 1.807) is 18.1 Å². The van der Waals surface area contributed by atoms with Crippen LogP contribution in [-0.2, 0) is 4.74 Å². The first-order valence-corrected chi connectivity index (χ1v) is 9.34. The van der Waals surface area contributed by atoms with Gasteiger partial charge in [-0.15, -0.1) is 0 Å². The number of amides is 1. The molecule has 1 amide bonds. The monoisotopic (exact) mass is 347 g/mol. The number of aromatic nitrogens is 1. The number of carbonyl (C=O) groups is 1. The molecular weight excluding hydrogens is 314 g/mol. The molecule has 2 heterocycles. The van der Waals surface area contributed by atoms with Crippen molar-refractivity contribution in [1.82, 2.24) is 9.88 Å². The van der Waals surface area contributed by atoms with Gasteiger partial charge in [-0.3, -0.25) is 9.80 Å². The zero-order chi connectivity index (χ0) is 18.6. The molecule has 5 heteroatoms. The van der Waals surface area contributed by atoms with Crippen LogP contribution in [0.5, 0.6) is 0 Å². The molecule has 1 aromatic rings. The van der Waals surface area contributed by atoms with E-state index in [4.69, 9.17) is 4.74 Å². The lowest BCUT2D eigenvalue weighted by Gasteiger charge is -2.38. The summed E-state index contributed by atoms with van der Waals surface area (Å²) in [5.41, 5.74) is 0.602. The van der Waals surface area contributed by atoms with Gasteiger partial charge in [0, 0.05) is 31.4 Å². The first-order valence-electron chi connectivity index (χ1n) is 9.34. The van der Waals surface area contributed by atoms with Crippen molar-refractivity contribution in [3.63, 3.8) is 0 Å². The molecule has 0 spiro atoms. The molecule has 0 N–H and O–H groups in total. The van der Waals surface area contributed by atoms with Crippen LogP contribution in [0, 0.1) is 5.92 Å². The molecule has 0 radical (unpaired) electrons. The molecule has 5 nitrogen and oxygen atoms in total. The van der Waals surface area contributed by atoms with E-state index in [1.165, 1.54) is 12.8 Å². The second-order valence-corrected chi connectivity index (χ2v) is 8.36. The molecule has 2 rings (SSSR count). The number of likely N-dealkylation sites (tertiary alicyclic amines) is 1. The van der Waals surface area contributed by atoms with Gasteiger partial charge in [-0.25, -0.2) is 9.78 Å². The van der Waals surface area contributed by atoms with Crippen LogP contribution >= 0.6 is 0 Å². The summed E-state index contributed by atoms with van der Waals surface area (Å²) >= 11 is 0. The van der Waals surface area contributed by atoms with E-state index in [0.717, 1.165) is 25.1 Å². The summed E-state index contributed by atoms with van der Waals surface area (Å²) in [6.45, 7) is 12.3. The number of pyridine rings is 1. The highest BCUT2D eigenvalue weighted by Gasteiger charge is 2.30. The average Bonchev–Trinajstić information content (AvgIpc) is 2.52. The summed E-state index contributed by atoms with van der Waals surface area (Å²) < 4.78 is 5.52. The summed E-state index contributed by atoms with van der Waals surface area (Å²) in [5, 5.41) is 0. The zero-order valence-electron chi connectivity index (χ0n) is 16.6. The molecular formula is C20H33N3O2. The zero-order valence-corrected chi connectivity index (χ0v) is 16.6. The highest BCUT2D eigenvalue weighted by atomic mass is 16.6. The van der Waals surface area contributed by atoms with Crippen molar-refractivity contribution in [1.29, 1.82) is 0 Å². The van der Waals surface area contributed by atoms with Gasteiger partial charge < -0.3 is 4.74 Å². The molecule has 0 saturated carbocycles. The van der Waals surface area contributed by atoms with E-state index in [-0.39, 0.29) is 6.09 Å². The Balaban J connectivity index is 2.28. The summed E-state index contributed by atoms with van der Waals surface area (Å²) in [7, 11) is 1.75. The predicted molar refractivity (Wildman–Crippen MR) is 102 cm³/mol. The first kappa shape index (κ1) is 19.7. The predicted octanol–water partition coefficient (Wildman–Crippen LogP) is 4.64. The van der Waals surface area contributed by atoms with Crippen molar-refractivity contribution in [3.05, 3.63) is 23.9 Å². The van der Waals surface area contributed by atoms with E-state index < -0.39 is 5.60 Å². The Labute approximate surface area is 152 Å². The topological polar surface area (TPSA) is 45.7 Å². The minimum Gasteiger partial charge on any atom is -0.443 e. The summed E-state index contributed by atoms with van der Waals surface area (Å²) in [4.78, 5) is 21.1. The highest BCUT2D eigenvalue weighted by Crippen LogP contribution is 2.35. The van der Waals surface area contributed by atoms with E-state index in [1.807, 2.05) is 26.8 Å². The molecule has 0 aliphatic carbocycles. The van der Waals surface area contributed by atoms with Crippen LogP contribution in [0.3, 0.4) is 0 Å². The molecule has 25 heavy (non-hydrogen) atoms. The van der Waals surface area contributed by atoms with Gasteiger partial charge in [-0.1, -0.05) is 26.3 Å². The van der Waals surface area contributed by atoms with Gasteiger partial charge in [0.15, 0.2) is 0 Å². The number of rotatable bonds is 4. The van der Waals surface area contributed by atoms with Gasteiger partial charge in [0.1, 0.15) is 11.4 Å². The van der Waals surface area contributed by atoms with Crippen LogP contribution in [-0.4, -0.2) is 41.7 Å². The number of nitrogens with zero attached hydrogens (tertiary/aromatic N) is 3. The second-order valence-electron chi connectivity index (χ2n) is 8.36. The third-order valence-electron chi connectivity index (χ3n) is 4.37. The van der Waals surface area contributed by atoms with Gasteiger partial charge in [0.2, 0.25) is 0 Å². The van der Waals surface area contributed by atoms with Crippen LogP contribution < -0.4 is 4.90 Å². The van der Waals surface area contributed by atoms with E-state index >= 15 is 0 Å². The van der Waals surface area contributed by atoms with Gasteiger partial charge >= 0.3 is 6.09 Å². The van der Waals surface area contributed by atoms with Gasteiger partial charge in [-0.2, -0.15) is 0 Å². The van der Waals surface area contributed by atoms with Crippen LogP contribution in [0.2, 0.25) is 0 Å². The Hall–Kier alpha value is -1.62. The van der Waals surface area contributed by atoms with Crippen LogP contribution in [0.15, 0.2) is 18.3 Å². The number of piperidine rings is 1. The van der Waals surface area contributed by atoms with Crippen molar-refractivity contribution < 1.29 is 9.53 Å². The molecule has 0 unspecified atom stereocenters. The number of ether oxygens (including phenoxy) is 1. The van der Waals surface area contributed by atoms with Crippen LogP contribution in [0.1, 0.15) is 65.5 Å². The van der Waals surface area contributed by atoms with Gasteiger partial charge in [-0.05, 0) is 52.1 Å². The lowest BCUT2D eigenvalue weighted by Crippen LogP contribution is -2.39. The molecule has 140 valence electrons. The first-order chi connectivity index (χ1) is 11.7. The smallest absolute Gasteiger partial charge is 0.415 e. The molecule has 1 saturated heterocycles. The molecule has 1 aliphatic heterocycles. The highest BCUT2D eigenvalue weighted by molar-refractivity contribution is 5.87. The Morgan fingerprint density at radius 2 is 2.12 bits per heavy atom. The largest absolute Gasteiger partial charge is 0.443 e. The van der Waals surface area contributed by atoms with Crippen LogP contribution in [0.25, 0.3) is 0 Å². The standard InChI is InChI=1S/C20H33N3O2/c1-15(2)14-23-13-8-7-11-17(23)16-10-9-12-21-18(16)22(6)19(24)25-20(3,4)5/h9-10,12,15,17H,7-8,11,13-14H2,1-6H3/t17-/m0/s1. The quantitative estimate of drug-likeness (QED) is 0.796. The molecule has 1 aromatic heterocycles. The van der Waals surface area contributed by atoms with Crippen LogP contribution in [0.4, 0.5) is 10.6 Å². The minimum absolute atomic E-state index is 0.310. The fourth-order valence-electron chi connectivity index (χ4n) is 3.40. The molecule has 1 atom stereocenters. The molecule has 0 bridgehead atoms. The van der Waals surface area contributed by atoms with Crippen molar-refractivity contribution in [2.75, 3.05) is 25.0 Å². The molecule has 1 fully saturated rings. The average molecular weight is 348 g/mol. The van der Waals surface area contributed by atoms with Crippen molar-refractivity contribution >= 4 is 11.9 Å². The van der Waals surface area contributed by atoms with Crippen molar-refractivity contribution in [2.24, 2.45) is 5.92 Å². The maximum Gasteiger partial charge on any atom is 0.415 e. The SMILES string of the molecule is CC(C)CN1CCCC[C@H]1c1cccnc1N(C)C(=O)OC(C)(C)C. The Bertz CT molecular complexity index is 581. The Morgan fingerprint density at radius 3 is 2.76 bits per heavy atom. The summed E-state index contributed by atoms with van der Waals surface area (Å²) in [6.07, 6.45) is 4.94. The normalized spacial score (nSPS) is 19.1. The van der Waals surface area contributed by atoms with E-state index in [2.05, 4.69) is 29.8 Å². The number of anilines is 1. The number of hydrogen-bond donors (Lipinski definition) is 0. The minimum atomic E-state index is -0.519. The third kappa shape index (κ3) is 5.43. The third-order valence-corrected chi connectivity index (χ3v) is 4.37.